The minimum atomic E-state index is -0.582. The molecule has 1 aliphatic heterocycles. The molecule has 0 amide bonds. The van der Waals surface area contributed by atoms with Gasteiger partial charge >= 0.3 is 0 Å². The standard InChI is InChI=1S/C11H18O3/c1-5-11(4)6-7(12)8-9(11)14-10(2,3)13-8/h5,7-9,12H,1,6H2,2-4H3/t7-,8-,9-,11-/m1/s1. The van der Waals surface area contributed by atoms with E-state index in [4.69, 9.17) is 9.47 Å². The van der Waals surface area contributed by atoms with E-state index in [2.05, 4.69) is 13.5 Å². The van der Waals surface area contributed by atoms with Gasteiger partial charge in [0.1, 0.15) is 6.10 Å². The first-order valence-corrected chi connectivity index (χ1v) is 5.05. The van der Waals surface area contributed by atoms with Gasteiger partial charge in [0.2, 0.25) is 0 Å². The molecule has 14 heavy (non-hydrogen) atoms. The van der Waals surface area contributed by atoms with Gasteiger partial charge in [-0.3, -0.25) is 0 Å². The van der Waals surface area contributed by atoms with Crippen LogP contribution in [0, 0.1) is 5.41 Å². The molecule has 3 heteroatoms. The summed E-state index contributed by atoms with van der Waals surface area (Å²) in [5.41, 5.74) is -0.169. The maximum Gasteiger partial charge on any atom is 0.163 e. The number of hydrogen-bond donors (Lipinski definition) is 1. The summed E-state index contributed by atoms with van der Waals surface area (Å²) in [6, 6.07) is 0. The van der Waals surface area contributed by atoms with Crippen molar-refractivity contribution in [1.82, 2.24) is 0 Å². The fourth-order valence-electron chi connectivity index (χ4n) is 2.46. The van der Waals surface area contributed by atoms with Crippen LogP contribution in [0.25, 0.3) is 0 Å². The van der Waals surface area contributed by atoms with Crippen molar-refractivity contribution in [2.75, 3.05) is 0 Å². The Morgan fingerprint density at radius 2 is 2.00 bits per heavy atom. The molecule has 0 aromatic carbocycles. The summed E-state index contributed by atoms with van der Waals surface area (Å²) >= 11 is 0. The summed E-state index contributed by atoms with van der Waals surface area (Å²) in [4.78, 5) is 0. The highest BCUT2D eigenvalue weighted by Gasteiger charge is 2.57. The fraction of sp³-hybridized carbons (Fsp3) is 0.818. The summed E-state index contributed by atoms with van der Waals surface area (Å²) in [5, 5.41) is 9.85. The van der Waals surface area contributed by atoms with E-state index in [1.165, 1.54) is 0 Å². The van der Waals surface area contributed by atoms with Crippen LogP contribution >= 0.6 is 0 Å². The van der Waals surface area contributed by atoms with Crippen LogP contribution in [0.1, 0.15) is 27.2 Å². The van der Waals surface area contributed by atoms with Crippen molar-refractivity contribution in [3.8, 4) is 0 Å². The van der Waals surface area contributed by atoms with Gasteiger partial charge in [-0.05, 0) is 20.3 Å². The van der Waals surface area contributed by atoms with Crippen LogP contribution in [-0.2, 0) is 9.47 Å². The van der Waals surface area contributed by atoms with Crippen LogP contribution in [0.5, 0.6) is 0 Å². The summed E-state index contributed by atoms with van der Waals surface area (Å²) in [6.07, 6.45) is 1.83. The molecule has 4 atom stereocenters. The molecule has 0 spiro atoms. The third-order valence-corrected chi connectivity index (χ3v) is 3.27. The van der Waals surface area contributed by atoms with Gasteiger partial charge in [-0.2, -0.15) is 0 Å². The molecule has 2 fully saturated rings. The normalized spacial score (nSPS) is 50.4. The summed E-state index contributed by atoms with van der Waals surface area (Å²) < 4.78 is 11.5. The second-order valence-electron chi connectivity index (χ2n) is 5.00. The predicted molar refractivity (Wildman–Crippen MR) is 52.8 cm³/mol. The first-order chi connectivity index (χ1) is 6.38. The number of aliphatic hydroxyl groups is 1. The Bertz CT molecular complexity index is 261. The van der Waals surface area contributed by atoms with Gasteiger partial charge in [0.25, 0.3) is 0 Å². The molecular formula is C11H18O3. The molecule has 1 saturated heterocycles. The van der Waals surface area contributed by atoms with E-state index >= 15 is 0 Å². The van der Waals surface area contributed by atoms with Crippen molar-refractivity contribution in [1.29, 1.82) is 0 Å². The van der Waals surface area contributed by atoms with E-state index in [1.54, 1.807) is 0 Å². The summed E-state index contributed by atoms with van der Waals surface area (Å²) in [5.74, 6) is -0.582. The van der Waals surface area contributed by atoms with Crippen LogP contribution in [0.2, 0.25) is 0 Å². The number of hydrogen-bond acceptors (Lipinski definition) is 3. The molecule has 0 radical (unpaired) electrons. The minimum absolute atomic E-state index is 0.0648. The third-order valence-electron chi connectivity index (χ3n) is 3.27. The average molecular weight is 198 g/mol. The van der Waals surface area contributed by atoms with Crippen LogP contribution in [-0.4, -0.2) is 29.2 Å². The van der Waals surface area contributed by atoms with Gasteiger partial charge in [-0.15, -0.1) is 6.58 Å². The Labute approximate surface area is 84.7 Å². The first-order valence-electron chi connectivity index (χ1n) is 5.05. The van der Waals surface area contributed by atoms with Crippen molar-refractivity contribution in [2.45, 2.75) is 51.3 Å². The molecule has 1 N–H and O–H groups in total. The SMILES string of the molecule is C=C[C@]1(C)C[C@@H](O)[C@H]2OC(C)(C)O[C@H]21. The Morgan fingerprint density at radius 1 is 1.36 bits per heavy atom. The highest BCUT2D eigenvalue weighted by Crippen LogP contribution is 2.49. The molecule has 0 bridgehead atoms. The van der Waals surface area contributed by atoms with Crippen molar-refractivity contribution in [3.63, 3.8) is 0 Å². The highest BCUT2D eigenvalue weighted by atomic mass is 16.8. The molecule has 0 unspecified atom stereocenters. The van der Waals surface area contributed by atoms with Crippen LogP contribution in [0.4, 0.5) is 0 Å². The third kappa shape index (κ3) is 1.31. The topological polar surface area (TPSA) is 38.7 Å². The van der Waals surface area contributed by atoms with Crippen LogP contribution in [0.3, 0.4) is 0 Å². The molecule has 80 valence electrons. The van der Waals surface area contributed by atoms with Gasteiger partial charge in [0, 0.05) is 5.41 Å². The second kappa shape index (κ2) is 2.81. The number of rotatable bonds is 1. The van der Waals surface area contributed by atoms with Gasteiger partial charge in [-0.25, -0.2) is 0 Å². The van der Waals surface area contributed by atoms with Crippen molar-refractivity contribution < 1.29 is 14.6 Å². The summed E-state index contributed by atoms with van der Waals surface area (Å²) in [7, 11) is 0. The molecule has 0 aromatic heterocycles. The van der Waals surface area contributed by atoms with E-state index in [0.29, 0.717) is 6.42 Å². The van der Waals surface area contributed by atoms with Gasteiger partial charge in [-0.1, -0.05) is 13.0 Å². The van der Waals surface area contributed by atoms with E-state index in [0.717, 1.165) is 0 Å². The average Bonchev–Trinajstić information content (AvgIpc) is 2.50. The van der Waals surface area contributed by atoms with E-state index < -0.39 is 11.9 Å². The Hall–Kier alpha value is -0.380. The molecule has 2 aliphatic rings. The lowest BCUT2D eigenvalue weighted by molar-refractivity contribution is -0.170. The highest BCUT2D eigenvalue weighted by molar-refractivity contribution is 5.11. The van der Waals surface area contributed by atoms with E-state index in [9.17, 15) is 5.11 Å². The zero-order chi connectivity index (χ0) is 10.6. The predicted octanol–water partition coefficient (Wildman–Crippen LogP) is 1.46. The zero-order valence-electron chi connectivity index (χ0n) is 8.99. The quantitative estimate of drug-likeness (QED) is 0.648. The van der Waals surface area contributed by atoms with Gasteiger partial charge < -0.3 is 14.6 Å². The molecule has 3 nitrogen and oxygen atoms in total. The molecule has 1 heterocycles. The number of fused-ring (bicyclic) bond motifs is 1. The molecule has 0 aromatic rings. The minimum Gasteiger partial charge on any atom is -0.390 e. The smallest absolute Gasteiger partial charge is 0.163 e. The number of aliphatic hydroxyl groups excluding tert-OH is 1. The lowest BCUT2D eigenvalue weighted by atomic mass is 9.86. The maximum absolute atomic E-state index is 9.85. The fourth-order valence-corrected chi connectivity index (χ4v) is 2.46. The summed E-state index contributed by atoms with van der Waals surface area (Å²) in [6.45, 7) is 9.62. The van der Waals surface area contributed by atoms with Crippen molar-refractivity contribution >= 4 is 0 Å². The van der Waals surface area contributed by atoms with Crippen molar-refractivity contribution in [3.05, 3.63) is 12.7 Å². The zero-order valence-corrected chi connectivity index (χ0v) is 8.99. The molecule has 1 aliphatic carbocycles. The number of ether oxygens (including phenoxy) is 2. The molecule has 2 rings (SSSR count). The maximum atomic E-state index is 9.85. The second-order valence-corrected chi connectivity index (χ2v) is 5.00. The lowest BCUT2D eigenvalue weighted by Crippen LogP contribution is -2.31. The van der Waals surface area contributed by atoms with Crippen molar-refractivity contribution in [2.24, 2.45) is 5.41 Å². The van der Waals surface area contributed by atoms with Gasteiger partial charge in [0.15, 0.2) is 5.79 Å². The Balaban J connectivity index is 2.27. The largest absolute Gasteiger partial charge is 0.390 e. The first kappa shape index (κ1) is 10.1. The monoisotopic (exact) mass is 198 g/mol. The van der Waals surface area contributed by atoms with Crippen LogP contribution < -0.4 is 0 Å². The molecule has 1 saturated carbocycles. The van der Waals surface area contributed by atoms with Gasteiger partial charge in [0.05, 0.1) is 12.2 Å². The van der Waals surface area contributed by atoms with E-state index in [1.807, 2.05) is 19.9 Å². The van der Waals surface area contributed by atoms with E-state index in [-0.39, 0.29) is 17.6 Å². The Morgan fingerprint density at radius 3 is 2.57 bits per heavy atom. The Kier molecular flexibility index (Phi) is 2.04. The van der Waals surface area contributed by atoms with Crippen LogP contribution in [0.15, 0.2) is 12.7 Å². The molecular weight excluding hydrogens is 180 g/mol. The lowest BCUT2D eigenvalue weighted by Gasteiger charge is -2.27.